The van der Waals surface area contributed by atoms with Gasteiger partial charge in [0.2, 0.25) is 0 Å². The van der Waals surface area contributed by atoms with Crippen molar-refractivity contribution < 1.29 is 0 Å². The first-order valence-electron chi connectivity index (χ1n) is 10.6. The van der Waals surface area contributed by atoms with Gasteiger partial charge in [-0.3, -0.25) is 0 Å². The number of para-hydroxylation sites is 1. The van der Waals surface area contributed by atoms with Gasteiger partial charge in [-0.05, 0) is 48.2 Å². The van der Waals surface area contributed by atoms with Crippen LogP contribution in [0.25, 0.3) is 0 Å². The van der Waals surface area contributed by atoms with E-state index in [1.54, 1.807) is 12.4 Å². The molecule has 0 unspecified atom stereocenters. The van der Waals surface area contributed by atoms with E-state index >= 15 is 0 Å². The Bertz CT molecular complexity index is 1120. The van der Waals surface area contributed by atoms with E-state index in [1.165, 1.54) is 22.5 Å². The van der Waals surface area contributed by atoms with Gasteiger partial charge in [0, 0.05) is 53.7 Å². The van der Waals surface area contributed by atoms with Gasteiger partial charge in [0.1, 0.15) is 11.6 Å². The van der Waals surface area contributed by atoms with Crippen molar-refractivity contribution in [2.75, 3.05) is 22.9 Å². The fourth-order valence-corrected chi connectivity index (χ4v) is 4.71. The van der Waals surface area contributed by atoms with Gasteiger partial charge in [-0.1, -0.05) is 34.1 Å². The summed E-state index contributed by atoms with van der Waals surface area (Å²) in [7, 11) is 0. The van der Waals surface area contributed by atoms with Crippen molar-refractivity contribution in [3.05, 3.63) is 94.5 Å². The van der Waals surface area contributed by atoms with Crippen molar-refractivity contribution in [1.29, 1.82) is 0 Å². The molecule has 31 heavy (non-hydrogen) atoms. The van der Waals surface area contributed by atoms with Crippen LogP contribution in [0.15, 0.2) is 71.7 Å². The Labute approximate surface area is 190 Å². The van der Waals surface area contributed by atoms with Gasteiger partial charge >= 0.3 is 0 Å². The molecule has 7 heteroatoms. The molecule has 6 rings (SSSR count). The molecule has 2 aliphatic rings. The third-order valence-corrected chi connectivity index (χ3v) is 6.30. The Balaban J connectivity index is 0.000000132. The summed E-state index contributed by atoms with van der Waals surface area (Å²) < 4.78 is 1.16. The summed E-state index contributed by atoms with van der Waals surface area (Å²) in [6.07, 6.45) is 9.61. The zero-order chi connectivity index (χ0) is 21.0. The van der Waals surface area contributed by atoms with Crippen molar-refractivity contribution in [2.45, 2.75) is 25.9 Å². The second kappa shape index (κ2) is 8.98. The molecule has 0 fully saturated rings. The zero-order valence-electron chi connectivity index (χ0n) is 17.3. The molecule has 0 atom stereocenters. The summed E-state index contributed by atoms with van der Waals surface area (Å²) in [6.45, 7) is 3.91. The molecule has 2 aromatic heterocycles. The number of rotatable bonds is 4. The maximum atomic E-state index is 4.26. The summed E-state index contributed by atoms with van der Waals surface area (Å²) in [5.74, 6) is 2.06. The van der Waals surface area contributed by atoms with Gasteiger partial charge in [-0.2, -0.15) is 0 Å². The minimum atomic E-state index is 0.863. The molecule has 158 valence electrons. The number of aromatic nitrogens is 4. The molecular formula is C24H25BrN6. The number of benzene rings is 2. The monoisotopic (exact) mass is 476 g/mol. The lowest BCUT2D eigenvalue weighted by atomic mass is 10.2. The van der Waals surface area contributed by atoms with Crippen LogP contribution in [0.2, 0.25) is 0 Å². The standard InChI is InChI=1S/C12H12BrN3.C12H13N3/c13-10-1-2-11-9(7-10)3-6-16(11)8-12-14-4-5-15-12;1-2-4-11-10(3-1)5-8-15(11)9-12-13-6-7-14-12/h1-2,4-5,7H,3,6,8H2,(H,14,15);1-4,6-7H,5,8-9H2,(H,13,14). The van der Waals surface area contributed by atoms with Crippen LogP contribution < -0.4 is 9.80 Å². The number of fused-ring (bicyclic) bond motifs is 2. The Morgan fingerprint density at radius 2 is 1.39 bits per heavy atom. The maximum Gasteiger partial charge on any atom is 0.125 e. The van der Waals surface area contributed by atoms with Crippen LogP contribution in [0.5, 0.6) is 0 Å². The van der Waals surface area contributed by atoms with Crippen LogP contribution in [-0.4, -0.2) is 33.0 Å². The number of imidazole rings is 2. The van der Waals surface area contributed by atoms with E-state index in [0.29, 0.717) is 0 Å². The van der Waals surface area contributed by atoms with Crippen molar-refractivity contribution in [3.8, 4) is 0 Å². The number of H-pyrrole nitrogens is 2. The molecule has 0 bridgehead atoms. The van der Waals surface area contributed by atoms with Crippen LogP contribution in [-0.2, 0) is 25.9 Å². The zero-order valence-corrected chi connectivity index (χ0v) is 18.8. The van der Waals surface area contributed by atoms with Crippen molar-refractivity contribution in [1.82, 2.24) is 19.9 Å². The Morgan fingerprint density at radius 3 is 2.03 bits per heavy atom. The van der Waals surface area contributed by atoms with Crippen LogP contribution in [0, 0.1) is 0 Å². The summed E-state index contributed by atoms with van der Waals surface area (Å²) >= 11 is 3.51. The van der Waals surface area contributed by atoms with E-state index in [1.807, 2.05) is 12.4 Å². The quantitative estimate of drug-likeness (QED) is 0.447. The van der Waals surface area contributed by atoms with E-state index in [9.17, 15) is 0 Å². The van der Waals surface area contributed by atoms with Gasteiger partial charge in [-0.15, -0.1) is 0 Å². The smallest absolute Gasteiger partial charge is 0.125 e. The molecule has 0 aliphatic carbocycles. The topological polar surface area (TPSA) is 63.8 Å². The number of hydrogen-bond acceptors (Lipinski definition) is 4. The van der Waals surface area contributed by atoms with E-state index in [2.05, 4.69) is 88.1 Å². The average molecular weight is 477 g/mol. The molecule has 6 nitrogen and oxygen atoms in total. The lowest BCUT2D eigenvalue weighted by molar-refractivity contribution is 0.798. The second-order valence-electron chi connectivity index (χ2n) is 7.82. The summed E-state index contributed by atoms with van der Waals surface area (Å²) in [4.78, 5) is 19.5. The fraction of sp³-hybridized carbons (Fsp3) is 0.250. The number of halogens is 1. The molecule has 2 N–H and O–H groups in total. The maximum absolute atomic E-state index is 4.26. The molecule has 4 aromatic rings. The Hall–Kier alpha value is -3.06. The first-order chi connectivity index (χ1) is 15.3. The predicted octanol–water partition coefficient (Wildman–Crippen LogP) is 4.71. The third-order valence-electron chi connectivity index (χ3n) is 5.81. The molecule has 4 heterocycles. The summed E-state index contributed by atoms with van der Waals surface area (Å²) in [5, 5.41) is 0. The molecule has 0 spiro atoms. The SMILES string of the molecule is Brc1ccc2c(c1)CCN2Cc1ncc[nH]1.c1ccc2c(c1)CCN2Cc1ncc[nH]1. The predicted molar refractivity (Wildman–Crippen MR) is 127 cm³/mol. The highest BCUT2D eigenvalue weighted by atomic mass is 79.9. The molecule has 0 amide bonds. The van der Waals surface area contributed by atoms with E-state index < -0.39 is 0 Å². The van der Waals surface area contributed by atoms with E-state index in [4.69, 9.17) is 0 Å². The Kier molecular flexibility index (Phi) is 5.76. The van der Waals surface area contributed by atoms with Gasteiger partial charge in [-0.25, -0.2) is 9.97 Å². The number of anilines is 2. The fourth-order valence-electron chi connectivity index (χ4n) is 4.30. The lowest BCUT2D eigenvalue weighted by Gasteiger charge is -2.17. The lowest BCUT2D eigenvalue weighted by Crippen LogP contribution is -2.20. The Morgan fingerprint density at radius 1 is 0.774 bits per heavy atom. The number of nitrogens with zero attached hydrogens (tertiary/aromatic N) is 4. The minimum absolute atomic E-state index is 0.863. The highest BCUT2D eigenvalue weighted by molar-refractivity contribution is 9.10. The van der Waals surface area contributed by atoms with Gasteiger partial charge < -0.3 is 19.8 Å². The van der Waals surface area contributed by atoms with E-state index in [-0.39, 0.29) is 0 Å². The number of aromatic amines is 2. The van der Waals surface area contributed by atoms with Crippen molar-refractivity contribution in [3.63, 3.8) is 0 Å². The summed E-state index contributed by atoms with van der Waals surface area (Å²) in [5.41, 5.74) is 5.55. The third kappa shape index (κ3) is 4.51. The van der Waals surface area contributed by atoms with Crippen LogP contribution in [0.1, 0.15) is 22.8 Å². The summed E-state index contributed by atoms with van der Waals surface area (Å²) in [6, 6.07) is 15.1. The highest BCUT2D eigenvalue weighted by Gasteiger charge is 2.20. The highest BCUT2D eigenvalue weighted by Crippen LogP contribution is 2.31. The number of nitrogens with one attached hydrogen (secondary N) is 2. The largest absolute Gasteiger partial charge is 0.364 e. The van der Waals surface area contributed by atoms with Crippen molar-refractivity contribution in [2.24, 2.45) is 0 Å². The van der Waals surface area contributed by atoms with Crippen LogP contribution in [0.4, 0.5) is 11.4 Å². The second-order valence-corrected chi connectivity index (χ2v) is 8.73. The van der Waals surface area contributed by atoms with Crippen molar-refractivity contribution >= 4 is 27.3 Å². The number of hydrogen-bond donors (Lipinski definition) is 2. The van der Waals surface area contributed by atoms with Gasteiger partial charge in [0.05, 0.1) is 13.1 Å². The van der Waals surface area contributed by atoms with Crippen LogP contribution in [0.3, 0.4) is 0 Å². The van der Waals surface area contributed by atoms with Gasteiger partial charge in [0.15, 0.2) is 0 Å². The average Bonchev–Trinajstić information content (AvgIpc) is 3.58. The van der Waals surface area contributed by atoms with Crippen LogP contribution >= 0.6 is 15.9 Å². The molecule has 2 aliphatic heterocycles. The first-order valence-corrected chi connectivity index (χ1v) is 11.4. The molecule has 0 saturated heterocycles. The first kappa shape index (κ1) is 19.9. The normalized spacial score (nSPS) is 14.2. The molecular weight excluding hydrogens is 452 g/mol. The minimum Gasteiger partial charge on any atom is -0.364 e. The molecule has 0 saturated carbocycles. The van der Waals surface area contributed by atoms with E-state index in [0.717, 1.165) is 55.1 Å². The molecule has 2 aromatic carbocycles. The molecule has 0 radical (unpaired) electrons. The van der Waals surface area contributed by atoms with Gasteiger partial charge in [0.25, 0.3) is 0 Å².